The highest BCUT2D eigenvalue weighted by Crippen LogP contribution is 2.22. The normalized spacial score (nSPS) is 10.7. The maximum Gasteiger partial charge on any atom is 0.243 e. The van der Waals surface area contributed by atoms with E-state index in [4.69, 9.17) is 0 Å². The molecule has 156 valence electrons. The largest absolute Gasteiger partial charge is 0.346 e. The Hall–Kier alpha value is -3.06. The summed E-state index contributed by atoms with van der Waals surface area (Å²) in [6.07, 6.45) is 3.59. The average Bonchev–Trinajstić information content (AvgIpc) is 3.18. The minimum Gasteiger partial charge on any atom is -0.346 e. The molecule has 0 radical (unpaired) electrons. The number of nitrogens with one attached hydrogen (secondary N) is 2. The van der Waals surface area contributed by atoms with Crippen molar-refractivity contribution in [3.63, 3.8) is 0 Å². The molecule has 0 aliphatic carbocycles. The van der Waals surface area contributed by atoms with Gasteiger partial charge in [-0.1, -0.05) is 36.0 Å². The smallest absolute Gasteiger partial charge is 0.243 e. The topological polar surface area (TPSA) is 76.0 Å². The number of para-hydroxylation sites is 1. The van der Waals surface area contributed by atoms with Crippen LogP contribution in [-0.4, -0.2) is 33.7 Å². The molecule has 0 fully saturated rings. The molecular formula is C23H26N4O2S. The van der Waals surface area contributed by atoms with E-state index in [1.165, 1.54) is 22.9 Å². The van der Waals surface area contributed by atoms with E-state index in [2.05, 4.69) is 41.6 Å². The molecule has 0 aliphatic heterocycles. The number of carbonyl (C=O) groups is 2. The number of anilines is 1. The van der Waals surface area contributed by atoms with Gasteiger partial charge >= 0.3 is 0 Å². The highest BCUT2D eigenvalue weighted by Gasteiger charge is 2.12. The molecule has 2 N–H and O–H groups in total. The fourth-order valence-electron chi connectivity index (χ4n) is 3.02. The van der Waals surface area contributed by atoms with Crippen molar-refractivity contribution in [1.29, 1.82) is 0 Å². The summed E-state index contributed by atoms with van der Waals surface area (Å²) < 4.78 is 1.96. The van der Waals surface area contributed by atoms with Crippen molar-refractivity contribution < 1.29 is 9.59 Å². The summed E-state index contributed by atoms with van der Waals surface area (Å²) in [5.74, 6) is -0.285. The van der Waals surface area contributed by atoms with Gasteiger partial charge in [0.15, 0.2) is 5.16 Å². The van der Waals surface area contributed by atoms with Crippen molar-refractivity contribution in [2.45, 2.75) is 32.9 Å². The van der Waals surface area contributed by atoms with Crippen LogP contribution in [0.5, 0.6) is 0 Å². The number of hydrogen-bond acceptors (Lipinski definition) is 4. The first kappa shape index (κ1) is 21.6. The summed E-state index contributed by atoms with van der Waals surface area (Å²) in [6, 6.07) is 12.0. The first-order valence-electron chi connectivity index (χ1n) is 9.71. The fourth-order valence-corrected chi connectivity index (χ4v) is 3.83. The lowest BCUT2D eigenvalue weighted by Gasteiger charge is -2.12. The minimum atomic E-state index is -0.248. The van der Waals surface area contributed by atoms with Crippen LogP contribution in [0.4, 0.5) is 5.69 Å². The highest BCUT2D eigenvalue weighted by atomic mass is 32.2. The van der Waals surface area contributed by atoms with Crippen molar-refractivity contribution >= 4 is 29.3 Å². The highest BCUT2D eigenvalue weighted by molar-refractivity contribution is 7.99. The van der Waals surface area contributed by atoms with Gasteiger partial charge in [-0.3, -0.25) is 14.2 Å². The maximum absolute atomic E-state index is 12.2. The number of imidazole rings is 1. The van der Waals surface area contributed by atoms with Gasteiger partial charge in [-0.05, 0) is 62.1 Å². The number of hydrogen-bond donors (Lipinski definition) is 2. The summed E-state index contributed by atoms with van der Waals surface area (Å²) >= 11 is 1.34. The second-order valence-electron chi connectivity index (χ2n) is 7.23. The number of carbonyl (C=O) groups excluding carboxylic acids is 2. The summed E-state index contributed by atoms with van der Waals surface area (Å²) in [7, 11) is 0. The zero-order chi connectivity index (χ0) is 21.7. The van der Waals surface area contributed by atoms with Crippen LogP contribution in [0, 0.1) is 27.7 Å². The molecule has 0 spiro atoms. The predicted octanol–water partition coefficient (Wildman–Crippen LogP) is 3.95. The van der Waals surface area contributed by atoms with Gasteiger partial charge in [-0.15, -0.1) is 0 Å². The lowest BCUT2D eigenvalue weighted by Crippen LogP contribution is -2.34. The third-order valence-corrected chi connectivity index (χ3v) is 5.87. The van der Waals surface area contributed by atoms with Crippen molar-refractivity contribution in [2.75, 3.05) is 17.6 Å². The van der Waals surface area contributed by atoms with E-state index in [0.717, 1.165) is 27.7 Å². The first-order valence-corrected chi connectivity index (χ1v) is 10.7. The minimum absolute atomic E-state index is 0.0707. The Morgan fingerprint density at radius 2 is 1.70 bits per heavy atom. The molecule has 1 heterocycles. The third-order valence-electron chi connectivity index (χ3n) is 4.90. The molecule has 3 aromatic rings. The Morgan fingerprint density at radius 3 is 2.40 bits per heavy atom. The summed E-state index contributed by atoms with van der Waals surface area (Å²) in [5, 5.41) is 6.27. The molecule has 0 saturated carbocycles. The SMILES string of the molecule is Cc1ccc(-n2ccnc2SCC(=O)NCC(=O)Nc2c(C)cccc2C)cc1C. The van der Waals surface area contributed by atoms with E-state index in [1.807, 2.05) is 48.9 Å². The number of amides is 2. The molecule has 1 aromatic heterocycles. The van der Waals surface area contributed by atoms with Crippen LogP contribution in [0.25, 0.3) is 5.69 Å². The van der Waals surface area contributed by atoms with Gasteiger partial charge in [0.05, 0.1) is 12.3 Å². The molecule has 0 unspecified atom stereocenters. The van der Waals surface area contributed by atoms with E-state index in [1.54, 1.807) is 6.20 Å². The molecule has 3 rings (SSSR count). The third kappa shape index (κ3) is 5.30. The molecule has 7 heteroatoms. The zero-order valence-corrected chi connectivity index (χ0v) is 18.5. The summed E-state index contributed by atoms with van der Waals surface area (Å²) in [4.78, 5) is 28.8. The van der Waals surface area contributed by atoms with Crippen LogP contribution in [-0.2, 0) is 9.59 Å². The molecule has 6 nitrogen and oxygen atoms in total. The van der Waals surface area contributed by atoms with E-state index >= 15 is 0 Å². The van der Waals surface area contributed by atoms with Gasteiger partial charge in [0.25, 0.3) is 0 Å². The molecule has 0 saturated heterocycles. The van der Waals surface area contributed by atoms with Gasteiger partial charge in [-0.25, -0.2) is 4.98 Å². The lowest BCUT2D eigenvalue weighted by atomic mass is 10.1. The molecule has 0 bridgehead atoms. The number of benzene rings is 2. The van der Waals surface area contributed by atoms with Crippen LogP contribution in [0.2, 0.25) is 0 Å². The number of nitrogens with zero attached hydrogens (tertiary/aromatic N) is 2. The van der Waals surface area contributed by atoms with Crippen molar-refractivity contribution in [2.24, 2.45) is 0 Å². The fraction of sp³-hybridized carbons (Fsp3) is 0.261. The summed E-state index contributed by atoms with van der Waals surface area (Å²) in [5.41, 5.74) is 6.20. The van der Waals surface area contributed by atoms with E-state index in [9.17, 15) is 9.59 Å². The van der Waals surface area contributed by atoms with Crippen molar-refractivity contribution in [3.05, 3.63) is 71.0 Å². The average molecular weight is 423 g/mol. The Kier molecular flexibility index (Phi) is 6.95. The zero-order valence-electron chi connectivity index (χ0n) is 17.7. The molecule has 30 heavy (non-hydrogen) atoms. The van der Waals surface area contributed by atoms with Gasteiger partial charge in [0, 0.05) is 23.8 Å². The van der Waals surface area contributed by atoms with Gasteiger partial charge in [-0.2, -0.15) is 0 Å². The van der Waals surface area contributed by atoms with Crippen LogP contribution in [0.3, 0.4) is 0 Å². The molecule has 0 aliphatic rings. The van der Waals surface area contributed by atoms with Crippen molar-refractivity contribution in [3.8, 4) is 5.69 Å². The first-order chi connectivity index (χ1) is 14.3. The van der Waals surface area contributed by atoms with Crippen LogP contribution in [0.15, 0.2) is 53.9 Å². The molecular weight excluding hydrogens is 396 g/mol. The second-order valence-corrected chi connectivity index (χ2v) is 8.17. The number of aryl methyl sites for hydroxylation is 4. The van der Waals surface area contributed by atoms with Crippen LogP contribution >= 0.6 is 11.8 Å². The van der Waals surface area contributed by atoms with Gasteiger partial charge < -0.3 is 10.6 Å². The maximum atomic E-state index is 12.2. The van der Waals surface area contributed by atoms with Crippen LogP contribution < -0.4 is 10.6 Å². The van der Waals surface area contributed by atoms with E-state index in [0.29, 0.717) is 0 Å². The van der Waals surface area contributed by atoms with Gasteiger partial charge in [0.2, 0.25) is 11.8 Å². The standard InChI is InChI=1S/C23H26N4O2S/c1-15-8-9-19(12-18(15)4)27-11-10-24-23(27)30-14-21(29)25-13-20(28)26-22-16(2)6-5-7-17(22)3/h5-12H,13-14H2,1-4H3,(H,25,29)(H,26,28). The Morgan fingerprint density at radius 1 is 0.967 bits per heavy atom. The number of thioether (sulfide) groups is 1. The summed E-state index contributed by atoms with van der Waals surface area (Å²) in [6.45, 7) is 7.95. The Bertz CT molecular complexity index is 1050. The Balaban J connectivity index is 1.53. The second kappa shape index (κ2) is 9.63. The van der Waals surface area contributed by atoms with E-state index < -0.39 is 0 Å². The van der Waals surface area contributed by atoms with Crippen LogP contribution in [0.1, 0.15) is 22.3 Å². The monoisotopic (exact) mass is 422 g/mol. The number of aromatic nitrogens is 2. The van der Waals surface area contributed by atoms with E-state index in [-0.39, 0.29) is 24.1 Å². The lowest BCUT2D eigenvalue weighted by molar-refractivity contribution is -0.122. The number of rotatable bonds is 7. The predicted molar refractivity (Wildman–Crippen MR) is 121 cm³/mol. The molecule has 2 aromatic carbocycles. The molecule has 2 amide bonds. The van der Waals surface area contributed by atoms with Crippen molar-refractivity contribution in [1.82, 2.24) is 14.9 Å². The Labute approximate surface area is 181 Å². The quantitative estimate of drug-likeness (QED) is 0.565. The van der Waals surface area contributed by atoms with Gasteiger partial charge in [0.1, 0.15) is 0 Å². The molecule has 0 atom stereocenters.